The first kappa shape index (κ1) is 14.5. The minimum absolute atomic E-state index is 0.154. The summed E-state index contributed by atoms with van der Waals surface area (Å²) in [4.78, 5) is 20.5. The summed E-state index contributed by atoms with van der Waals surface area (Å²) >= 11 is 5.72. The van der Waals surface area contributed by atoms with Crippen molar-refractivity contribution in [2.24, 2.45) is 13.0 Å². The van der Waals surface area contributed by atoms with Gasteiger partial charge in [-0.3, -0.25) is 4.79 Å². The second kappa shape index (κ2) is 6.05. The summed E-state index contributed by atoms with van der Waals surface area (Å²) < 4.78 is 1.91. The number of aryl methyl sites for hydroxylation is 1. The van der Waals surface area contributed by atoms with E-state index in [-0.39, 0.29) is 17.9 Å². The molecule has 2 rings (SSSR count). The van der Waals surface area contributed by atoms with E-state index < -0.39 is 0 Å². The number of carbonyl (C=O) groups is 1. The predicted octanol–water partition coefficient (Wildman–Crippen LogP) is 2.60. The maximum Gasteiger partial charge on any atom is 0.253 e. The summed E-state index contributed by atoms with van der Waals surface area (Å²) in [6.07, 6.45) is 5.05. The minimum atomic E-state index is -0.184. The fraction of sp³-hybridized carbons (Fsp3) is 0.357. The van der Waals surface area contributed by atoms with Gasteiger partial charge in [0.1, 0.15) is 11.0 Å². The van der Waals surface area contributed by atoms with E-state index in [9.17, 15) is 4.79 Å². The number of carbonyl (C=O) groups excluding carboxylic acids is 1. The number of aromatic nitrogens is 3. The molecule has 20 heavy (non-hydrogen) atoms. The molecule has 1 atom stereocenters. The highest BCUT2D eigenvalue weighted by molar-refractivity contribution is 6.29. The zero-order valence-electron chi connectivity index (χ0n) is 11.7. The smallest absolute Gasteiger partial charge is 0.253 e. The molecule has 2 aromatic rings. The van der Waals surface area contributed by atoms with Crippen LogP contribution in [0.3, 0.4) is 0 Å². The van der Waals surface area contributed by atoms with Crippen LogP contribution in [0.15, 0.2) is 30.7 Å². The Bertz CT molecular complexity index is 591. The first-order valence-corrected chi connectivity index (χ1v) is 6.76. The number of rotatable bonds is 4. The monoisotopic (exact) mass is 292 g/mol. The van der Waals surface area contributed by atoms with Crippen LogP contribution in [0.4, 0.5) is 0 Å². The van der Waals surface area contributed by atoms with Gasteiger partial charge in [-0.15, -0.1) is 0 Å². The summed E-state index contributed by atoms with van der Waals surface area (Å²) in [5.41, 5.74) is 0.481. The van der Waals surface area contributed by atoms with E-state index >= 15 is 0 Å². The van der Waals surface area contributed by atoms with Crippen molar-refractivity contribution in [3.8, 4) is 0 Å². The number of imidazole rings is 1. The molecule has 2 heterocycles. The molecule has 0 fully saturated rings. The maximum atomic E-state index is 12.2. The van der Waals surface area contributed by atoms with Gasteiger partial charge in [-0.2, -0.15) is 0 Å². The molecule has 0 spiro atoms. The van der Waals surface area contributed by atoms with E-state index in [1.54, 1.807) is 18.3 Å². The molecule has 0 aliphatic rings. The van der Waals surface area contributed by atoms with Crippen LogP contribution in [0.1, 0.15) is 36.1 Å². The lowest BCUT2D eigenvalue weighted by molar-refractivity contribution is 0.0922. The summed E-state index contributed by atoms with van der Waals surface area (Å²) in [6.45, 7) is 4.08. The number of nitrogens with zero attached hydrogens (tertiary/aromatic N) is 3. The molecule has 0 radical (unpaired) electrons. The maximum absolute atomic E-state index is 12.2. The first-order valence-electron chi connectivity index (χ1n) is 6.38. The molecule has 0 aromatic carbocycles. The topological polar surface area (TPSA) is 59.8 Å². The Morgan fingerprint density at radius 2 is 2.10 bits per heavy atom. The van der Waals surface area contributed by atoms with E-state index in [2.05, 4.69) is 15.3 Å². The molecule has 0 unspecified atom stereocenters. The molecule has 6 heteroatoms. The second-order valence-corrected chi connectivity index (χ2v) is 5.35. The number of hydrogen-bond acceptors (Lipinski definition) is 3. The van der Waals surface area contributed by atoms with Crippen LogP contribution < -0.4 is 5.32 Å². The SMILES string of the molecule is CC(C)[C@H](NC(=O)c1ccc(Cl)nc1)c1nccn1C. The molecule has 0 saturated carbocycles. The van der Waals surface area contributed by atoms with Crippen LogP contribution in [0, 0.1) is 5.92 Å². The van der Waals surface area contributed by atoms with Gasteiger partial charge in [0.25, 0.3) is 5.91 Å². The van der Waals surface area contributed by atoms with Gasteiger partial charge in [0.05, 0.1) is 11.6 Å². The average Bonchev–Trinajstić information content (AvgIpc) is 2.82. The van der Waals surface area contributed by atoms with E-state index in [1.807, 2.05) is 31.7 Å². The summed E-state index contributed by atoms with van der Waals surface area (Å²) in [5.74, 6) is 0.867. The van der Waals surface area contributed by atoms with E-state index in [0.29, 0.717) is 10.7 Å². The lowest BCUT2D eigenvalue weighted by Gasteiger charge is -2.22. The summed E-state index contributed by atoms with van der Waals surface area (Å²) in [5, 5.41) is 3.36. The molecule has 2 aromatic heterocycles. The molecule has 1 N–H and O–H groups in total. The molecule has 106 valence electrons. The van der Waals surface area contributed by atoms with Crippen LogP contribution in [-0.2, 0) is 7.05 Å². The number of halogens is 1. The lowest BCUT2D eigenvalue weighted by Crippen LogP contribution is -2.33. The summed E-state index contributed by atoms with van der Waals surface area (Å²) in [6, 6.07) is 3.10. The van der Waals surface area contributed by atoms with Gasteiger partial charge in [0, 0.05) is 25.6 Å². The Morgan fingerprint density at radius 3 is 2.60 bits per heavy atom. The van der Waals surface area contributed by atoms with Crippen LogP contribution in [0.2, 0.25) is 5.15 Å². The number of hydrogen-bond donors (Lipinski definition) is 1. The molecular weight excluding hydrogens is 276 g/mol. The second-order valence-electron chi connectivity index (χ2n) is 4.96. The largest absolute Gasteiger partial charge is 0.342 e. The molecular formula is C14H17ClN4O. The normalized spacial score (nSPS) is 12.4. The zero-order valence-corrected chi connectivity index (χ0v) is 12.4. The fourth-order valence-electron chi connectivity index (χ4n) is 1.94. The highest BCUT2D eigenvalue weighted by Gasteiger charge is 2.22. The van der Waals surface area contributed by atoms with Gasteiger partial charge in [0.2, 0.25) is 0 Å². The molecule has 0 aliphatic carbocycles. The fourth-order valence-corrected chi connectivity index (χ4v) is 2.05. The zero-order chi connectivity index (χ0) is 14.7. The van der Waals surface area contributed by atoms with E-state index in [4.69, 9.17) is 11.6 Å². The number of amides is 1. The Balaban J connectivity index is 2.19. The predicted molar refractivity (Wildman–Crippen MR) is 77.5 cm³/mol. The van der Waals surface area contributed by atoms with Crippen LogP contribution in [0.25, 0.3) is 0 Å². The Labute approximate surface area is 123 Å². The van der Waals surface area contributed by atoms with Crippen molar-refractivity contribution in [3.05, 3.63) is 47.3 Å². The van der Waals surface area contributed by atoms with Crippen molar-refractivity contribution in [1.29, 1.82) is 0 Å². The number of pyridine rings is 1. The minimum Gasteiger partial charge on any atom is -0.342 e. The third-order valence-corrected chi connectivity index (χ3v) is 3.30. The standard InChI is InChI=1S/C14H17ClN4O/c1-9(2)12(13-16-6-7-19(13)3)18-14(20)10-4-5-11(15)17-8-10/h4-9,12H,1-3H3,(H,18,20)/t12-/m0/s1. The van der Waals surface area contributed by atoms with Crippen LogP contribution in [0.5, 0.6) is 0 Å². The van der Waals surface area contributed by atoms with Crippen molar-refractivity contribution >= 4 is 17.5 Å². The first-order chi connectivity index (χ1) is 9.49. The van der Waals surface area contributed by atoms with Gasteiger partial charge >= 0.3 is 0 Å². The average molecular weight is 293 g/mol. The van der Waals surface area contributed by atoms with Crippen molar-refractivity contribution in [1.82, 2.24) is 19.9 Å². The van der Waals surface area contributed by atoms with Gasteiger partial charge < -0.3 is 9.88 Å². The van der Waals surface area contributed by atoms with E-state index in [0.717, 1.165) is 5.82 Å². The Morgan fingerprint density at radius 1 is 1.35 bits per heavy atom. The molecule has 0 saturated heterocycles. The molecule has 0 aliphatic heterocycles. The van der Waals surface area contributed by atoms with Crippen molar-refractivity contribution in [2.75, 3.05) is 0 Å². The van der Waals surface area contributed by atoms with E-state index in [1.165, 1.54) is 6.20 Å². The van der Waals surface area contributed by atoms with Gasteiger partial charge in [-0.05, 0) is 18.1 Å². The Kier molecular flexibility index (Phi) is 4.39. The van der Waals surface area contributed by atoms with Crippen LogP contribution in [-0.4, -0.2) is 20.4 Å². The molecule has 1 amide bonds. The van der Waals surface area contributed by atoms with Gasteiger partial charge in [0.15, 0.2) is 0 Å². The van der Waals surface area contributed by atoms with Crippen LogP contribution >= 0.6 is 11.6 Å². The van der Waals surface area contributed by atoms with Crippen molar-refractivity contribution in [3.63, 3.8) is 0 Å². The number of nitrogens with one attached hydrogen (secondary N) is 1. The highest BCUT2D eigenvalue weighted by Crippen LogP contribution is 2.20. The van der Waals surface area contributed by atoms with Gasteiger partial charge in [-0.25, -0.2) is 9.97 Å². The molecule has 5 nitrogen and oxygen atoms in total. The summed E-state index contributed by atoms with van der Waals surface area (Å²) in [7, 11) is 1.91. The third-order valence-electron chi connectivity index (χ3n) is 3.08. The Hall–Kier alpha value is -1.88. The lowest BCUT2D eigenvalue weighted by atomic mass is 10.0. The quantitative estimate of drug-likeness (QED) is 0.881. The highest BCUT2D eigenvalue weighted by atomic mass is 35.5. The van der Waals surface area contributed by atoms with Crippen molar-refractivity contribution < 1.29 is 4.79 Å². The molecule has 0 bridgehead atoms. The third kappa shape index (κ3) is 3.17. The van der Waals surface area contributed by atoms with Gasteiger partial charge in [-0.1, -0.05) is 25.4 Å². The van der Waals surface area contributed by atoms with Crippen molar-refractivity contribution in [2.45, 2.75) is 19.9 Å².